The van der Waals surface area contributed by atoms with Crippen LogP contribution in [0.4, 0.5) is 4.39 Å². The zero-order chi connectivity index (χ0) is 13.6. The Morgan fingerprint density at radius 3 is 2.89 bits per heavy atom. The van der Waals surface area contributed by atoms with E-state index in [9.17, 15) is 9.18 Å². The third-order valence-corrected chi connectivity index (χ3v) is 2.95. The number of hydrogen-bond acceptors (Lipinski definition) is 4. The molecule has 0 unspecified atom stereocenters. The summed E-state index contributed by atoms with van der Waals surface area (Å²) in [7, 11) is 0. The van der Waals surface area contributed by atoms with Crippen molar-refractivity contribution in [2.75, 3.05) is 5.84 Å². The lowest BCUT2D eigenvalue weighted by molar-refractivity contribution is 0.627. The van der Waals surface area contributed by atoms with Crippen molar-refractivity contribution in [2.45, 2.75) is 0 Å². The monoisotopic (exact) mass is 279 g/mol. The topological polar surface area (TPSA) is 78.7 Å². The highest BCUT2D eigenvalue weighted by atomic mass is 35.5. The Balaban J connectivity index is 2.29. The second kappa shape index (κ2) is 4.06. The van der Waals surface area contributed by atoms with E-state index in [-0.39, 0.29) is 10.4 Å². The van der Waals surface area contributed by atoms with Crippen molar-refractivity contribution in [3.8, 4) is 5.69 Å². The molecule has 0 amide bonds. The van der Waals surface area contributed by atoms with Gasteiger partial charge in [0.05, 0.1) is 16.9 Å². The third-order valence-electron chi connectivity index (χ3n) is 2.66. The summed E-state index contributed by atoms with van der Waals surface area (Å²) in [6.07, 6.45) is 2.54. The van der Waals surface area contributed by atoms with Crippen LogP contribution in [0.25, 0.3) is 16.7 Å². The highest BCUT2D eigenvalue weighted by molar-refractivity contribution is 6.30. The molecule has 2 aromatic heterocycles. The summed E-state index contributed by atoms with van der Waals surface area (Å²) < 4.78 is 15.4. The number of hydrogen-bond donors (Lipinski definition) is 1. The van der Waals surface area contributed by atoms with Gasteiger partial charge >= 0.3 is 0 Å². The highest BCUT2D eigenvalue weighted by Gasteiger charge is 2.11. The molecule has 0 bridgehead atoms. The average molecular weight is 280 g/mol. The molecule has 8 heteroatoms. The zero-order valence-corrected chi connectivity index (χ0v) is 10.2. The van der Waals surface area contributed by atoms with Gasteiger partial charge in [-0.25, -0.2) is 18.7 Å². The predicted molar refractivity (Wildman–Crippen MR) is 68.2 cm³/mol. The third kappa shape index (κ3) is 1.75. The Morgan fingerprint density at radius 1 is 1.37 bits per heavy atom. The Morgan fingerprint density at radius 2 is 2.16 bits per heavy atom. The van der Waals surface area contributed by atoms with E-state index in [1.165, 1.54) is 35.4 Å². The molecule has 6 nitrogen and oxygen atoms in total. The molecule has 0 spiro atoms. The second-order valence-corrected chi connectivity index (χ2v) is 4.26. The number of nitrogens with two attached hydrogens (primary N) is 1. The van der Waals surface area contributed by atoms with Crippen molar-refractivity contribution >= 4 is 22.6 Å². The van der Waals surface area contributed by atoms with Gasteiger partial charge in [-0.2, -0.15) is 5.10 Å². The fourth-order valence-corrected chi connectivity index (χ4v) is 1.91. The van der Waals surface area contributed by atoms with E-state index in [4.69, 9.17) is 17.4 Å². The maximum absolute atomic E-state index is 13.1. The van der Waals surface area contributed by atoms with Crippen molar-refractivity contribution in [1.29, 1.82) is 0 Å². The first-order valence-corrected chi connectivity index (χ1v) is 5.61. The van der Waals surface area contributed by atoms with Crippen LogP contribution in [-0.4, -0.2) is 19.4 Å². The van der Waals surface area contributed by atoms with Gasteiger partial charge in [0, 0.05) is 0 Å². The van der Waals surface area contributed by atoms with Crippen LogP contribution < -0.4 is 11.4 Å². The summed E-state index contributed by atoms with van der Waals surface area (Å²) in [6, 6.07) is 4.11. The summed E-state index contributed by atoms with van der Waals surface area (Å²) in [5, 5.41) is 4.28. The van der Waals surface area contributed by atoms with E-state index in [1.54, 1.807) is 0 Å². The van der Waals surface area contributed by atoms with Crippen LogP contribution in [0.2, 0.25) is 5.02 Å². The predicted octanol–water partition coefficient (Wildman–Crippen LogP) is 1.09. The van der Waals surface area contributed by atoms with E-state index < -0.39 is 11.4 Å². The van der Waals surface area contributed by atoms with Gasteiger partial charge in [0.2, 0.25) is 0 Å². The summed E-state index contributed by atoms with van der Waals surface area (Å²) in [5.74, 6) is 4.88. The zero-order valence-electron chi connectivity index (χ0n) is 9.42. The summed E-state index contributed by atoms with van der Waals surface area (Å²) in [5.41, 5.74) is 0.418. The van der Waals surface area contributed by atoms with E-state index in [0.717, 1.165) is 4.68 Å². The maximum atomic E-state index is 13.1. The lowest BCUT2D eigenvalue weighted by atomic mass is 10.3. The fraction of sp³-hybridized carbons (Fsp3) is 0. The minimum atomic E-state index is -0.529. The van der Waals surface area contributed by atoms with Gasteiger partial charge in [0.15, 0.2) is 5.65 Å². The maximum Gasteiger partial charge on any atom is 0.282 e. The molecule has 0 aliphatic carbocycles. The number of nitrogen functional groups attached to an aromatic ring is 1. The quantitative estimate of drug-likeness (QED) is 0.676. The number of nitrogens with zero attached hydrogens (tertiary/aromatic N) is 4. The molecular weight excluding hydrogens is 273 g/mol. The second-order valence-electron chi connectivity index (χ2n) is 3.85. The number of aromatic nitrogens is 4. The SMILES string of the molecule is Nn1cnc2c(cnn2-c2ccc(F)c(Cl)c2)c1=O. The van der Waals surface area contributed by atoms with Gasteiger partial charge in [-0.1, -0.05) is 11.6 Å². The van der Waals surface area contributed by atoms with Gasteiger partial charge in [-0.3, -0.25) is 4.79 Å². The van der Waals surface area contributed by atoms with Crippen molar-refractivity contribution in [2.24, 2.45) is 0 Å². The van der Waals surface area contributed by atoms with E-state index in [2.05, 4.69) is 10.1 Å². The van der Waals surface area contributed by atoms with Gasteiger partial charge in [-0.15, -0.1) is 0 Å². The molecule has 0 saturated heterocycles. The van der Waals surface area contributed by atoms with Crippen molar-refractivity contribution in [3.63, 3.8) is 0 Å². The van der Waals surface area contributed by atoms with E-state index >= 15 is 0 Å². The minimum absolute atomic E-state index is 0.0340. The van der Waals surface area contributed by atoms with Gasteiger partial charge in [-0.05, 0) is 18.2 Å². The Hall–Kier alpha value is -2.41. The van der Waals surface area contributed by atoms with E-state index in [1.807, 2.05) is 0 Å². The standard InChI is InChI=1S/C11H7ClFN5O/c12-8-3-6(1-2-9(8)13)18-10-7(4-16-18)11(19)17(14)5-15-10/h1-5H,14H2. The molecular formula is C11H7ClFN5O. The Labute approximate surface area is 110 Å². The molecule has 0 atom stereocenters. The first kappa shape index (κ1) is 11.7. The van der Waals surface area contributed by atoms with E-state index in [0.29, 0.717) is 11.3 Å². The fourth-order valence-electron chi connectivity index (χ4n) is 1.73. The number of benzene rings is 1. The van der Waals surface area contributed by atoms with Crippen LogP contribution in [0.1, 0.15) is 0 Å². The first-order valence-electron chi connectivity index (χ1n) is 5.24. The van der Waals surface area contributed by atoms with Gasteiger partial charge < -0.3 is 5.84 Å². The van der Waals surface area contributed by atoms with Crippen LogP contribution in [0.5, 0.6) is 0 Å². The average Bonchev–Trinajstić information content (AvgIpc) is 2.82. The minimum Gasteiger partial charge on any atom is -0.335 e. The molecule has 0 saturated carbocycles. The van der Waals surface area contributed by atoms with Crippen LogP contribution in [-0.2, 0) is 0 Å². The van der Waals surface area contributed by atoms with Crippen molar-refractivity contribution < 1.29 is 4.39 Å². The lowest BCUT2D eigenvalue weighted by Gasteiger charge is -2.04. The molecule has 0 aliphatic rings. The molecule has 2 heterocycles. The number of rotatable bonds is 1. The molecule has 1 aromatic carbocycles. The van der Waals surface area contributed by atoms with Crippen molar-refractivity contribution in [3.05, 3.63) is 51.9 Å². The molecule has 3 aromatic rings. The number of halogens is 2. The summed E-state index contributed by atoms with van der Waals surface area (Å²) >= 11 is 5.72. The normalized spacial score (nSPS) is 11.1. The Bertz CT molecular complexity index is 841. The lowest BCUT2D eigenvalue weighted by Crippen LogP contribution is -2.26. The van der Waals surface area contributed by atoms with Crippen molar-refractivity contribution in [1.82, 2.24) is 19.4 Å². The molecule has 96 valence electrons. The summed E-state index contributed by atoms with van der Waals surface area (Å²) in [6.45, 7) is 0. The number of fused-ring (bicyclic) bond motifs is 1. The van der Waals surface area contributed by atoms with Crippen LogP contribution >= 0.6 is 11.6 Å². The molecule has 0 aliphatic heterocycles. The highest BCUT2D eigenvalue weighted by Crippen LogP contribution is 2.20. The molecule has 0 radical (unpaired) electrons. The Kier molecular flexibility index (Phi) is 2.49. The molecule has 2 N–H and O–H groups in total. The molecule has 19 heavy (non-hydrogen) atoms. The molecule has 3 rings (SSSR count). The summed E-state index contributed by atoms with van der Waals surface area (Å²) in [4.78, 5) is 15.8. The molecule has 0 fully saturated rings. The van der Waals surface area contributed by atoms with Gasteiger partial charge in [0.25, 0.3) is 5.56 Å². The van der Waals surface area contributed by atoms with Crippen LogP contribution in [0.3, 0.4) is 0 Å². The van der Waals surface area contributed by atoms with Crippen LogP contribution in [0.15, 0.2) is 35.5 Å². The first-order chi connectivity index (χ1) is 9.08. The van der Waals surface area contributed by atoms with Crippen LogP contribution in [0, 0.1) is 5.82 Å². The largest absolute Gasteiger partial charge is 0.335 e. The smallest absolute Gasteiger partial charge is 0.282 e. The van der Waals surface area contributed by atoms with Gasteiger partial charge in [0.1, 0.15) is 17.5 Å².